The lowest BCUT2D eigenvalue weighted by Crippen LogP contribution is -2.37. The summed E-state index contributed by atoms with van der Waals surface area (Å²) < 4.78 is 10.9. The number of nitrogens with one attached hydrogen (secondary N) is 2. The number of rotatable bonds is 5. The lowest BCUT2D eigenvalue weighted by Gasteiger charge is -2.29. The Labute approximate surface area is 204 Å². The summed E-state index contributed by atoms with van der Waals surface area (Å²) in [7, 11) is 1.49. The number of amides is 2. The molecule has 5 heterocycles. The number of hydrogen-bond acceptors (Lipinski definition) is 9. The Morgan fingerprint density at radius 3 is 2.94 bits per heavy atom. The maximum Gasteiger partial charge on any atom is 0.329 e. The van der Waals surface area contributed by atoms with Crippen LogP contribution in [0.2, 0.25) is 0 Å². The third-order valence-electron chi connectivity index (χ3n) is 7.06. The molecular weight excluding hydrogens is 468 g/mol. The van der Waals surface area contributed by atoms with E-state index in [-0.39, 0.29) is 12.0 Å². The molecule has 0 spiro atoms. The number of ether oxygens (including phenoxy) is 1. The van der Waals surface area contributed by atoms with E-state index < -0.39 is 5.54 Å². The van der Waals surface area contributed by atoms with Gasteiger partial charge in [0.2, 0.25) is 5.13 Å². The lowest BCUT2D eigenvalue weighted by atomic mass is 9.92. The van der Waals surface area contributed by atoms with E-state index in [2.05, 4.69) is 40.8 Å². The van der Waals surface area contributed by atoms with Crippen molar-refractivity contribution in [1.82, 2.24) is 39.0 Å². The number of carbonyl (C=O) groups is 1. The molecule has 13 heteroatoms. The van der Waals surface area contributed by atoms with Crippen LogP contribution in [0.3, 0.4) is 0 Å². The molecule has 178 valence electrons. The predicted molar refractivity (Wildman–Crippen MR) is 127 cm³/mol. The molecule has 12 nitrogen and oxygen atoms in total. The number of anilines is 1. The van der Waals surface area contributed by atoms with Gasteiger partial charge in [-0.3, -0.25) is 10.00 Å². The highest BCUT2D eigenvalue weighted by atomic mass is 32.1. The first-order valence-corrected chi connectivity index (χ1v) is 12.0. The molecule has 1 saturated carbocycles. The standard InChI is InChI=1S/C22H22N10O2S/c1-34-19-28-20(35-30-19)29-21(33)31-9-13-6-22(3-4-23,7-14(13)10-31)32-11-15(8-27-32)17-16-2-5-24-18(16)26-12-25-17/h2,5,8,11-14H,3,6-7,9-10H2,1H3,(H,24,25,26)(H,28,29,30,33). The predicted octanol–water partition coefficient (Wildman–Crippen LogP) is 2.86. The van der Waals surface area contributed by atoms with Crippen LogP contribution < -0.4 is 10.1 Å². The van der Waals surface area contributed by atoms with E-state index >= 15 is 0 Å². The summed E-state index contributed by atoms with van der Waals surface area (Å²) in [5, 5.41) is 18.5. The number of hydrogen-bond donors (Lipinski definition) is 2. The van der Waals surface area contributed by atoms with Gasteiger partial charge < -0.3 is 14.6 Å². The molecule has 0 bridgehead atoms. The van der Waals surface area contributed by atoms with Gasteiger partial charge in [-0.1, -0.05) is 0 Å². The summed E-state index contributed by atoms with van der Waals surface area (Å²) in [5.41, 5.74) is 2.07. The second kappa shape index (κ2) is 8.31. The fourth-order valence-corrected chi connectivity index (χ4v) is 6.04. The Balaban J connectivity index is 1.19. The molecule has 0 aromatic carbocycles. The van der Waals surface area contributed by atoms with Crippen molar-refractivity contribution in [1.29, 1.82) is 5.26 Å². The highest BCUT2D eigenvalue weighted by Gasteiger charge is 2.51. The van der Waals surface area contributed by atoms with E-state index in [9.17, 15) is 10.1 Å². The largest absolute Gasteiger partial charge is 0.466 e. The number of methoxy groups -OCH3 is 1. The topological polar surface area (TPSA) is 151 Å². The first-order valence-electron chi connectivity index (χ1n) is 11.2. The van der Waals surface area contributed by atoms with Crippen LogP contribution in [0, 0.1) is 23.2 Å². The molecule has 1 aliphatic carbocycles. The van der Waals surface area contributed by atoms with Crippen LogP contribution in [0.4, 0.5) is 9.93 Å². The van der Waals surface area contributed by atoms with Gasteiger partial charge in [-0.15, -0.1) is 4.37 Å². The molecule has 2 amide bonds. The van der Waals surface area contributed by atoms with Crippen molar-refractivity contribution in [3.8, 4) is 23.3 Å². The van der Waals surface area contributed by atoms with Gasteiger partial charge in [0.25, 0.3) is 0 Å². The van der Waals surface area contributed by atoms with Gasteiger partial charge >= 0.3 is 12.0 Å². The Bertz CT molecular complexity index is 1420. The number of H-pyrrole nitrogens is 1. The minimum Gasteiger partial charge on any atom is -0.466 e. The number of aromatic nitrogens is 7. The molecule has 1 saturated heterocycles. The Kier molecular flexibility index (Phi) is 5.10. The summed E-state index contributed by atoms with van der Waals surface area (Å²) in [5.74, 6) is 0.585. The van der Waals surface area contributed by atoms with Gasteiger partial charge in [-0.25, -0.2) is 14.8 Å². The van der Waals surface area contributed by atoms with Crippen LogP contribution in [0.5, 0.6) is 6.01 Å². The molecular formula is C22H22N10O2S. The smallest absolute Gasteiger partial charge is 0.329 e. The molecule has 4 aromatic heterocycles. The van der Waals surface area contributed by atoms with Crippen molar-refractivity contribution in [2.24, 2.45) is 11.8 Å². The number of likely N-dealkylation sites (tertiary alicyclic amines) is 1. The zero-order valence-corrected chi connectivity index (χ0v) is 19.7. The van der Waals surface area contributed by atoms with Crippen LogP contribution in [0.1, 0.15) is 19.3 Å². The van der Waals surface area contributed by atoms with Crippen molar-refractivity contribution in [2.75, 3.05) is 25.5 Å². The van der Waals surface area contributed by atoms with Gasteiger partial charge in [0.15, 0.2) is 0 Å². The van der Waals surface area contributed by atoms with Crippen molar-refractivity contribution in [3.63, 3.8) is 0 Å². The van der Waals surface area contributed by atoms with Crippen molar-refractivity contribution >= 4 is 33.7 Å². The summed E-state index contributed by atoms with van der Waals surface area (Å²) in [4.78, 5) is 30.5. The average molecular weight is 491 g/mol. The number of carbonyl (C=O) groups excluding carboxylic acids is 1. The molecule has 35 heavy (non-hydrogen) atoms. The van der Waals surface area contributed by atoms with Gasteiger partial charge in [0.1, 0.15) is 12.0 Å². The van der Waals surface area contributed by atoms with E-state index in [1.807, 2.05) is 28.0 Å². The molecule has 6 rings (SSSR count). The summed E-state index contributed by atoms with van der Waals surface area (Å²) in [6, 6.07) is 4.37. The normalized spacial score (nSPS) is 23.4. The third kappa shape index (κ3) is 3.66. The number of urea groups is 1. The minimum atomic E-state index is -0.401. The number of nitrogens with zero attached hydrogens (tertiary/aromatic N) is 8. The Morgan fingerprint density at radius 1 is 1.37 bits per heavy atom. The monoisotopic (exact) mass is 490 g/mol. The van der Waals surface area contributed by atoms with Crippen LogP contribution >= 0.6 is 11.5 Å². The van der Waals surface area contributed by atoms with Crippen LogP contribution in [0.15, 0.2) is 31.0 Å². The zero-order valence-electron chi connectivity index (χ0n) is 18.9. The second-order valence-corrected chi connectivity index (χ2v) is 9.80. The van der Waals surface area contributed by atoms with Crippen molar-refractivity contribution < 1.29 is 9.53 Å². The van der Waals surface area contributed by atoms with Crippen molar-refractivity contribution in [3.05, 3.63) is 31.0 Å². The van der Waals surface area contributed by atoms with E-state index in [0.29, 0.717) is 36.5 Å². The maximum atomic E-state index is 12.8. The van der Waals surface area contributed by atoms with Gasteiger partial charge in [-0.2, -0.15) is 15.3 Å². The molecule has 1 aliphatic heterocycles. The van der Waals surface area contributed by atoms with Crippen LogP contribution in [0.25, 0.3) is 22.3 Å². The Morgan fingerprint density at radius 2 is 2.20 bits per heavy atom. The lowest BCUT2D eigenvalue weighted by molar-refractivity contribution is 0.203. The summed E-state index contributed by atoms with van der Waals surface area (Å²) in [6.45, 7) is 1.26. The number of fused-ring (bicyclic) bond motifs is 2. The third-order valence-corrected chi connectivity index (χ3v) is 7.67. The van der Waals surface area contributed by atoms with Crippen LogP contribution in [-0.2, 0) is 5.54 Å². The molecule has 2 unspecified atom stereocenters. The highest BCUT2D eigenvalue weighted by Crippen LogP contribution is 2.49. The molecule has 0 radical (unpaired) electrons. The number of nitriles is 1. The molecule has 2 aliphatic rings. The SMILES string of the molecule is COc1nsc(NC(=O)N2CC3CC(CC#N)(n4cc(-c5ncnc6[nH]ccc56)cn4)CC3C2)n1. The average Bonchev–Trinajstić information content (AvgIpc) is 3.66. The molecule has 4 aromatic rings. The molecule has 2 N–H and O–H groups in total. The minimum absolute atomic E-state index is 0.190. The van der Waals surface area contributed by atoms with Gasteiger partial charge in [0.05, 0.1) is 37.0 Å². The first-order chi connectivity index (χ1) is 17.1. The maximum absolute atomic E-state index is 12.8. The molecule has 2 fully saturated rings. The van der Waals surface area contributed by atoms with E-state index in [1.165, 1.54) is 13.4 Å². The van der Waals surface area contributed by atoms with E-state index in [1.54, 1.807) is 6.20 Å². The second-order valence-electron chi connectivity index (χ2n) is 9.04. The van der Waals surface area contributed by atoms with Gasteiger partial charge in [0, 0.05) is 48.0 Å². The fraction of sp³-hybridized carbons (Fsp3) is 0.409. The summed E-state index contributed by atoms with van der Waals surface area (Å²) in [6.07, 6.45) is 9.10. The van der Waals surface area contributed by atoms with E-state index in [0.717, 1.165) is 46.7 Å². The fourth-order valence-electron chi connectivity index (χ4n) is 5.51. The Hall–Kier alpha value is -4.05. The summed E-state index contributed by atoms with van der Waals surface area (Å²) >= 11 is 1.08. The quantitative estimate of drug-likeness (QED) is 0.433. The van der Waals surface area contributed by atoms with Crippen molar-refractivity contribution in [2.45, 2.75) is 24.8 Å². The first kappa shape index (κ1) is 21.5. The van der Waals surface area contributed by atoms with Gasteiger partial charge in [-0.05, 0) is 30.7 Å². The number of aromatic amines is 1. The van der Waals surface area contributed by atoms with Crippen LogP contribution in [-0.4, -0.2) is 65.2 Å². The van der Waals surface area contributed by atoms with E-state index in [4.69, 9.17) is 4.74 Å². The zero-order chi connectivity index (χ0) is 24.0. The molecule has 2 atom stereocenters. The highest BCUT2D eigenvalue weighted by molar-refractivity contribution is 7.10.